The molecule has 3 nitrogen and oxygen atoms in total. The fraction of sp³-hybridized carbons (Fsp3) is 0.562. The van der Waals surface area contributed by atoms with Crippen molar-refractivity contribution in [3.63, 3.8) is 0 Å². The van der Waals surface area contributed by atoms with Gasteiger partial charge in [-0.05, 0) is 44.5 Å². The summed E-state index contributed by atoms with van der Waals surface area (Å²) in [4.78, 5) is 13.8. The summed E-state index contributed by atoms with van der Waals surface area (Å²) in [5.74, 6) is -0.656. The molecule has 19 heavy (non-hydrogen) atoms. The molecule has 0 heterocycles. The molecule has 1 aliphatic rings. The third-order valence-electron chi connectivity index (χ3n) is 4.42. The van der Waals surface area contributed by atoms with Gasteiger partial charge in [0.15, 0.2) is 0 Å². The minimum Gasteiger partial charge on any atom is -0.481 e. The van der Waals surface area contributed by atoms with Crippen molar-refractivity contribution in [1.29, 1.82) is 0 Å². The van der Waals surface area contributed by atoms with Crippen molar-refractivity contribution in [3.8, 4) is 0 Å². The van der Waals surface area contributed by atoms with E-state index in [0.717, 1.165) is 31.2 Å². The molecule has 1 unspecified atom stereocenters. The Morgan fingerprint density at radius 2 is 1.89 bits per heavy atom. The van der Waals surface area contributed by atoms with Gasteiger partial charge in [-0.25, -0.2) is 0 Å². The summed E-state index contributed by atoms with van der Waals surface area (Å²) < 4.78 is 0. The molecule has 0 bridgehead atoms. The van der Waals surface area contributed by atoms with E-state index in [2.05, 4.69) is 31.2 Å². The van der Waals surface area contributed by atoms with Crippen LogP contribution in [0.25, 0.3) is 0 Å². The number of carboxylic acid groups (broad SMARTS) is 1. The number of carboxylic acids is 1. The lowest BCUT2D eigenvalue weighted by Gasteiger charge is -2.47. The van der Waals surface area contributed by atoms with Gasteiger partial charge in [0, 0.05) is 0 Å². The summed E-state index contributed by atoms with van der Waals surface area (Å²) in [6, 6.07) is 8.36. The highest BCUT2D eigenvalue weighted by molar-refractivity contribution is 5.77. The molecule has 0 aliphatic heterocycles. The second kappa shape index (κ2) is 5.33. The molecule has 1 aromatic rings. The van der Waals surface area contributed by atoms with Crippen molar-refractivity contribution in [1.82, 2.24) is 4.90 Å². The molecule has 1 aliphatic carbocycles. The Bertz CT molecular complexity index is 446. The largest absolute Gasteiger partial charge is 0.481 e. The van der Waals surface area contributed by atoms with Crippen LogP contribution in [0.3, 0.4) is 0 Å². The van der Waals surface area contributed by atoms with Crippen LogP contribution >= 0.6 is 0 Å². The van der Waals surface area contributed by atoms with Crippen LogP contribution in [0.2, 0.25) is 0 Å². The van der Waals surface area contributed by atoms with E-state index < -0.39 is 11.4 Å². The van der Waals surface area contributed by atoms with Crippen LogP contribution < -0.4 is 0 Å². The lowest BCUT2D eigenvalue weighted by Crippen LogP contribution is -2.48. The molecule has 3 heteroatoms. The molecule has 1 aromatic carbocycles. The molecule has 0 radical (unpaired) electrons. The Balaban J connectivity index is 2.36. The Kier molecular flexibility index (Phi) is 3.95. The van der Waals surface area contributed by atoms with Gasteiger partial charge in [-0.1, -0.05) is 37.6 Å². The number of benzene rings is 1. The molecule has 1 N–H and O–H groups in total. The Labute approximate surface area is 115 Å². The van der Waals surface area contributed by atoms with Crippen molar-refractivity contribution >= 4 is 5.97 Å². The Morgan fingerprint density at radius 3 is 2.21 bits per heavy atom. The first-order valence-electron chi connectivity index (χ1n) is 7.00. The third-order valence-corrected chi connectivity index (χ3v) is 4.42. The smallest absolute Gasteiger partial charge is 0.311 e. The van der Waals surface area contributed by atoms with Crippen LogP contribution in [-0.4, -0.2) is 30.1 Å². The van der Waals surface area contributed by atoms with Crippen LogP contribution in [0.4, 0.5) is 0 Å². The third kappa shape index (κ3) is 2.39. The van der Waals surface area contributed by atoms with Crippen LogP contribution in [0.5, 0.6) is 0 Å². The second-order valence-corrected chi connectivity index (χ2v) is 5.78. The highest BCUT2D eigenvalue weighted by atomic mass is 16.4. The highest BCUT2D eigenvalue weighted by Gasteiger charge is 2.52. The van der Waals surface area contributed by atoms with Gasteiger partial charge in [0.25, 0.3) is 0 Å². The van der Waals surface area contributed by atoms with Gasteiger partial charge in [-0.2, -0.15) is 0 Å². The van der Waals surface area contributed by atoms with E-state index in [1.54, 1.807) is 0 Å². The number of nitrogens with zero attached hydrogens (tertiary/aromatic N) is 1. The quantitative estimate of drug-likeness (QED) is 0.885. The molecular weight excluding hydrogens is 238 g/mol. The molecule has 2 rings (SSSR count). The summed E-state index contributed by atoms with van der Waals surface area (Å²) >= 11 is 0. The van der Waals surface area contributed by atoms with E-state index in [0.29, 0.717) is 0 Å². The minimum atomic E-state index is -0.656. The lowest BCUT2D eigenvalue weighted by molar-refractivity contribution is -0.161. The topological polar surface area (TPSA) is 40.5 Å². The SMILES string of the molecule is CCc1ccc(C(N(C)C)C2(C(=O)O)CCC2)cc1. The van der Waals surface area contributed by atoms with Gasteiger partial charge in [-0.3, -0.25) is 4.79 Å². The van der Waals surface area contributed by atoms with Gasteiger partial charge in [0.1, 0.15) is 0 Å². The predicted octanol–water partition coefficient (Wildman–Crippen LogP) is 3.11. The minimum absolute atomic E-state index is 0.0374. The van der Waals surface area contributed by atoms with E-state index in [4.69, 9.17) is 0 Å². The monoisotopic (exact) mass is 261 g/mol. The summed E-state index contributed by atoms with van der Waals surface area (Å²) in [7, 11) is 3.95. The van der Waals surface area contributed by atoms with Crippen LogP contribution in [0.15, 0.2) is 24.3 Å². The van der Waals surface area contributed by atoms with E-state index in [1.807, 2.05) is 19.0 Å². The average molecular weight is 261 g/mol. The standard InChI is InChI=1S/C16H23NO2/c1-4-12-6-8-13(9-7-12)14(17(2)3)16(15(18)19)10-5-11-16/h6-9,14H,4-5,10-11H2,1-3H3,(H,18,19). The lowest BCUT2D eigenvalue weighted by atomic mass is 9.62. The van der Waals surface area contributed by atoms with Gasteiger partial charge < -0.3 is 10.0 Å². The molecule has 0 aromatic heterocycles. The predicted molar refractivity (Wildman–Crippen MR) is 76.2 cm³/mol. The zero-order valence-corrected chi connectivity index (χ0v) is 12.0. The molecule has 0 spiro atoms. The fourth-order valence-electron chi connectivity index (χ4n) is 3.21. The van der Waals surface area contributed by atoms with Crippen molar-refractivity contribution in [2.24, 2.45) is 5.41 Å². The van der Waals surface area contributed by atoms with Crippen molar-refractivity contribution in [2.45, 2.75) is 38.6 Å². The average Bonchev–Trinajstić information content (AvgIpc) is 2.32. The molecule has 0 saturated heterocycles. The van der Waals surface area contributed by atoms with E-state index >= 15 is 0 Å². The first kappa shape index (κ1) is 14.1. The van der Waals surface area contributed by atoms with Gasteiger partial charge in [-0.15, -0.1) is 0 Å². The van der Waals surface area contributed by atoms with Gasteiger partial charge in [0.05, 0.1) is 11.5 Å². The van der Waals surface area contributed by atoms with Gasteiger partial charge in [0.2, 0.25) is 0 Å². The Hall–Kier alpha value is -1.35. The van der Waals surface area contributed by atoms with Gasteiger partial charge >= 0.3 is 5.97 Å². The maximum Gasteiger partial charge on any atom is 0.311 e. The first-order chi connectivity index (χ1) is 9.01. The van der Waals surface area contributed by atoms with Crippen LogP contribution in [0.1, 0.15) is 43.4 Å². The molecule has 1 fully saturated rings. The summed E-state index contributed by atoms with van der Waals surface area (Å²) in [6.07, 6.45) is 3.59. The van der Waals surface area contributed by atoms with Crippen LogP contribution in [0, 0.1) is 5.41 Å². The molecule has 0 amide bonds. The zero-order chi connectivity index (χ0) is 14.0. The summed E-state index contributed by atoms with van der Waals surface area (Å²) in [5, 5.41) is 9.64. The number of aliphatic carboxylic acids is 1. The Morgan fingerprint density at radius 1 is 1.32 bits per heavy atom. The van der Waals surface area contributed by atoms with Crippen LogP contribution in [-0.2, 0) is 11.2 Å². The fourth-order valence-corrected chi connectivity index (χ4v) is 3.21. The molecule has 1 saturated carbocycles. The molecular formula is C16H23NO2. The number of carbonyl (C=O) groups is 1. The summed E-state index contributed by atoms with van der Waals surface area (Å²) in [6.45, 7) is 2.13. The normalized spacial score (nSPS) is 18.9. The number of rotatable bonds is 5. The maximum absolute atomic E-state index is 11.7. The first-order valence-corrected chi connectivity index (χ1v) is 7.00. The van der Waals surface area contributed by atoms with Crippen molar-refractivity contribution < 1.29 is 9.90 Å². The number of hydrogen-bond donors (Lipinski definition) is 1. The van der Waals surface area contributed by atoms with Crippen molar-refractivity contribution in [2.75, 3.05) is 14.1 Å². The molecule has 104 valence electrons. The summed E-state index contributed by atoms with van der Waals surface area (Å²) in [5.41, 5.74) is 1.81. The van der Waals surface area contributed by atoms with E-state index in [-0.39, 0.29) is 6.04 Å². The number of aryl methyl sites for hydroxylation is 1. The van der Waals surface area contributed by atoms with Crippen molar-refractivity contribution in [3.05, 3.63) is 35.4 Å². The van der Waals surface area contributed by atoms with E-state index in [1.165, 1.54) is 5.56 Å². The molecule has 1 atom stereocenters. The zero-order valence-electron chi connectivity index (χ0n) is 12.0. The number of hydrogen-bond acceptors (Lipinski definition) is 2. The van der Waals surface area contributed by atoms with E-state index in [9.17, 15) is 9.90 Å². The second-order valence-electron chi connectivity index (χ2n) is 5.78. The highest BCUT2D eigenvalue weighted by Crippen LogP contribution is 2.52. The maximum atomic E-state index is 11.7.